The molecule has 2 N–H and O–H groups in total. The maximum absolute atomic E-state index is 15.5. The largest absolute Gasteiger partial charge is 0.469 e. The van der Waals surface area contributed by atoms with Gasteiger partial charge in [0.25, 0.3) is 5.91 Å². The summed E-state index contributed by atoms with van der Waals surface area (Å²) in [5.74, 6) is -7.57. The summed E-state index contributed by atoms with van der Waals surface area (Å²) in [5.41, 5.74) is -0.606. The number of aryl methyl sites for hydroxylation is 1. The Kier molecular flexibility index (Phi) is 19.8. The topological polar surface area (TPSA) is 288 Å². The van der Waals surface area contributed by atoms with Gasteiger partial charge in [0, 0.05) is 117 Å². The third-order valence-electron chi connectivity index (χ3n) is 19.4. The Balaban J connectivity index is 1.72. The quantitative estimate of drug-likeness (QED) is 0.0882. The highest BCUT2D eigenvalue weighted by molar-refractivity contribution is 6.14. The van der Waals surface area contributed by atoms with Crippen molar-refractivity contribution >= 4 is 64.8 Å². The van der Waals surface area contributed by atoms with Gasteiger partial charge in [-0.1, -0.05) is 34.6 Å². The van der Waals surface area contributed by atoms with Gasteiger partial charge in [0.2, 0.25) is 0 Å². The Morgan fingerprint density at radius 2 is 1.10 bits per heavy atom. The summed E-state index contributed by atoms with van der Waals surface area (Å²) in [7, 11) is 9.00. The van der Waals surface area contributed by atoms with Crippen LogP contribution in [0.3, 0.4) is 0 Å². The fraction of sp³-hybridized carbons (Fsp3) is 0.578. The van der Waals surface area contributed by atoms with Gasteiger partial charge in [-0.15, -0.1) is 0 Å². The number of allylic oxidation sites excluding steroid dienone is 6. The number of aliphatic imine (C=N–C) groups is 3. The highest BCUT2D eigenvalue weighted by atomic mass is 16.5. The van der Waals surface area contributed by atoms with E-state index < -0.39 is 105 Å². The maximum atomic E-state index is 15.5. The molecule has 1 fully saturated rings. The summed E-state index contributed by atoms with van der Waals surface area (Å²) in [4.78, 5) is 138. The number of pyridine rings is 2. The van der Waals surface area contributed by atoms with Crippen molar-refractivity contribution < 1.29 is 71.5 Å². The van der Waals surface area contributed by atoms with E-state index in [1.165, 1.54) is 56.0 Å². The molecule has 1 unspecified atom stereocenters. The van der Waals surface area contributed by atoms with Gasteiger partial charge >= 0.3 is 41.8 Å². The Morgan fingerprint density at radius 1 is 0.581 bits per heavy atom. The SMILES string of the molecule is COC(=O)CC[C@@H]1/C2=C(\C)C3=NC([C@H](CC(=O)OC)[C@@]3(C)CCC(=O)OC)[C@@]3(C)N=C(/C(C)=C4\N/C(=C(/NC(=O)c5ccnc(-c6cc(C)ccn6)c5)C(=N2)C1(C)C)[C@@H](CCC(=O)OC)[C@]4(C)CC(=O)OC)[C@@H](CCC(=O)OC)[C@]3(C)CC(=O)OC. The number of methoxy groups -OCH3 is 7. The summed E-state index contributed by atoms with van der Waals surface area (Å²) < 4.78 is 37.4. The lowest BCUT2D eigenvalue weighted by atomic mass is 9.55. The van der Waals surface area contributed by atoms with E-state index >= 15 is 4.79 Å². The van der Waals surface area contributed by atoms with Crippen LogP contribution in [0.4, 0.5) is 0 Å². The van der Waals surface area contributed by atoms with Gasteiger partial charge in [0.05, 0.1) is 103 Å². The minimum Gasteiger partial charge on any atom is -0.469 e. The summed E-state index contributed by atoms with van der Waals surface area (Å²) in [6.45, 7) is 17.1. The van der Waals surface area contributed by atoms with Crippen LogP contribution < -0.4 is 10.6 Å². The minimum absolute atomic E-state index is 0.0426. The number of rotatable bonds is 21. The predicted octanol–water partition coefficient (Wildman–Crippen LogP) is 8.06. The average Bonchev–Trinajstić information content (AvgIpc) is 1.53. The van der Waals surface area contributed by atoms with Crippen LogP contribution in [0, 0.1) is 52.3 Å². The molecule has 464 valence electrons. The normalized spacial score (nSPS) is 29.6. The van der Waals surface area contributed by atoms with Crippen LogP contribution in [0.25, 0.3) is 11.4 Å². The number of amides is 1. The minimum atomic E-state index is -1.48. The van der Waals surface area contributed by atoms with Crippen LogP contribution in [0.2, 0.25) is 0 Å². The molecule has 9 atom stereocenters. The fourth-order valence-electron chi connectivity index (χ4n) is 14.2. The second-order valence-corrected chi connectivity index (χ2v) is 24.5. The first-order valence-electron chi connectivity index (χ1n) is 29.0. The molecule has 0 radical (unpaired) electrons. The zero-order chi connectivity index (χ0) is 63.4. The lowest BCUT2D eigenvalue weighted by Crippen LogP contribution is -2.55. The van der Waals surface area contributed by atoms with E-state index in [9.17, 15) is 33.6 Å². The summed E-state index contributed by atoms with van der Waals surface area (Å²) in [5, 5.41) is 7.07. The van der Waals surface area contributed by atoms with Gasteiger partial charge in [-0.25, -0.2) is 0 Å². The Bertz CT molecular complexity index is 3280. The van der Waals surface area contributed by atoms with Crippen LogP contribution in [0.5, 0.6) is 0 Å². The van der Waals surface area contributed by atoms with Gasteiger partial charge in [0.15, 0.2) is 0 Å². The third-order valence-corrected chi connectivity index (χ3v) is 19.4. The number of esters is 7. The summed E-state index contributed by atoms with van der Waals surface area (Å²) in [6.07, 6.45) is 2.31. The first-order valence-corrected chi connectivity index (χ1v) is 29.0. The zero-order valence-corrected chi connectivity index (χ0v) is 52.5. The van der Waals surface area contributed by atoms with Gasteiger partial charge < -0.3 is 43.8 Å². The van der Waals surface area contributed by atoms with Crippen molar-refractivity contribution in [2.45, 2.75) is 145 Å². The highest BCUT2D eigenvalue weighted by Gasteiger charge is 2.67. The molecule has 5 aliphatic rings. The number of ether oxygens (including phenoxy) is 7. The molecule has 8 bridgehead atoms. The standard InChI is InChI=1S/C64H83N7O15/c1-34-24-27-65-42(29-34)43-30-37(25-28-66-43)59(79)69-54-53-39(18-21-45(73)81-11)62(7,32-49(77)85-15)56(68-53)36(3)52-40(19-22-46(74)82-12)63(8,33-50(78)86-16)64(9,71-52)57-41(31-48(76)84-14)61(6,26-23-47(75)83-13)55(70-57)35(2)51-38(17-20-44(72)80-10)60(4,5)58(54)67-51/h24-25,27-30,38-41,57,68H,17-23,26,31-33H2,1-16H3,(H,69,79)/b51-35-,54-53+,56-36-/t38-,39-,40-,41+,57?,61-,62+,63+,64-/m1/s1. The number of carbonyl (C=O) groups is 8. The molecule has 2 aromatic rings. The molecule has 2 aromatic heterocycles. The number of nitrogens with zero attached hydrogens (tertiary/aromatic N) is 5. The monoisotopic (exact) mass is 1190 g/mol. The van der Waals surface area contributed by atoms with Crippen LogP contribution in [-0.4, -0.2) is 136 Å². The van der Waals surface area contributed by atoms with Gasteiger partial charge in [0.1, 0.15) is 0 Å². The smallest absolute Gasteiger partial charge is 0.306 e. The Labute approximate surface area is 502 Å². The van der Waals surface area contributed by atoms with Crippen molar-refractivity contribution in [2.24, 2.45) is 60.3 Å². The average molecular weight is 1190 g/mol. The van der Waals surface area contributed by atoms with Crippen molar-refractivity contribution in [2.75, 3.05) is 49.8 Å². The predicted molar refractivity (Wildman–Crippen MR) is 317 cm³/mol. The van der Waals surface area contributed by atoms with Crippen molar-refractivity contribution in [3.63, 3.8) is 0 Å². The van der Waals surface area contributed by atoms with Crippen LogP contribution in [0.1, 0.15) is 142 Å². The molecule has 22 heteroatoms. The van der Waals surface area contributed by atoms with E-state index in [0.29, 0.717) is 56.8 Å². The Hall–Kier alpha value is -7.91. The van der Waals surface area contributed by atoms with Crippen LogP contribution in [0.15, 0.2) is 85.6 Å². The molecule has 22 nitrogen and oxygen atoms in total. The summed E-state index contributed by atoms with van der Waals surface area (Å²) in [6, 6.07) is 5.91. The van der Waals surface area contributed by atoms with E-state index in [2.05, 4.69) is 20.6 Å². The van der Waals surface area contributed by atoms with Crippen LogP contribution in [-0.2, 0) is 66.7 Å². The maximum Gasteiger partial charge on any atom is 0.306 e. The van der Waals surface area contributed by atoms with Gasteiger partial charge in [-0.3, -0.25) is 63.3 Å². The number of hydrogen-bond acceptors (Lipinski definition) is 21. The molecule has 5 aliphatic heterocycles. The molecule has 1 amide bonds. The molecular weight excluding hydrogens is 1110 g/mol. The molecule has 7 heterocycles. The highest BCUT2D eigenvalue weighted by Crippen LogP contribution is 2.63. The number of hydrogen-bond donors (Lipinski definition) is 2. The van der Waals surface area contributed by atoms with E-state index in [-0.39, 0.29) is 81.9 Å². The number of fused-ring (bicyclic) bond motifs is 6. The Morgan fingerprint density at radius 3 is 1.67 bits per heavy atom. The second-order valence-electron chi connectivity index (χ2n) is 24.5. The summed E-state index contributed by atoms with van der Waals surface area (Å²) >= 11 is 0. The third kappa shape index (κ3) is 12.3. The van der Waals surface area contributed by atoms with Crippen molar-refractivity contribution in [3.05, 3.63) is 81.7 Å². The van der Waals surface area contributed by atoms with E-state index in [4.69, 9.17) is 48.1 Å². The molecule has 7 rings (SSSR count). The van der Waals surface area contributed by atoms with Gasteiger partial charge in [-0.2, -0.15) is 0 Å². The zero-order valence-electron chi connectivity index (χ0n) is 52.5. The molecule has 0 aromatic carbocycles. The number of nitrogens with one attached hydrogen (secondary N) is 2. The molecule has 0 saturated carbocycles. The number of carbonyl (C=O) groups excluding carboxylic acids is 8. The van der Waals surface area contributed by atoms with Crippen LogP contribution >= 0.6 is 0 Å². The lowest BCUT2D eigenvalue weighted by Gasteiger charge is -2.48. The molecule has 0 spiro atoms. The van der Waals surface area contributed by atoms with E-state index in [1.807, 2.05) is 74.4 Å². The van der Waals surface area contributed by atoms with E-state index in [1.54, 1.807) is 18.3 Å². The molecule has 0 aliphatic carbocycles. The van der Waals surface area contributed by atoms with Gasteiger partial charge in [-0.05, 0) is 94.4 Å². The van der Waals surface area contributed by atoms with Crippen molar-refractivity contribution in [1.82, 2.24) is 20.6 Å². The van der Waals surface area contributed by atoms with E-state index in [0.717, 1.165) is 5.56 Å². The molecule has 1 saturated heterocycles. The first-order chi connectivity index (χ1) is 40.6. The first kappa shape index (κ1) is 65.6. The van der Waals surface area contributed by atoms with Crippen molar-refractivity contribution in [1.29, 1.82) is 0 Å². The second kappa shape index (κ2) is 26.0. The lowest BCUT2D eigenvalue weighted by molar-refractivity contribution is -0.147. The molecule has 86 heavy (non-hydrogen) atoms. The number of aromatic nitrogens is 2. The van der Waals surface area contributed by atoms with Crippen molar-refractivity contribution in [3.8, 4) is 11.4 Å². The molecular formula is C64H83N7O15. The fourth-order valence-corrected chi connectivity index (χ4v) is 14.2.